The largest absolute Gasteiger partial charge is 0.506 e. The number of para-hydroxylation sites is 1. The molecule has 2 rings (SSSR count). The van der Waals surface area contributed by atoms with E-state index in [1.165, 1.54) is 4.90 Å². The Morgan fingerprint density at radius 2 is 1.62 bits per heavy atom. The Morgan fingerprint density at radius 3 is 2.38 bits per heavy atom. The van der Waals surface area contributed by atoms with Crippen LogP contribution in [-0.2, 0) is 0 Å². The SMILES string of the molecule is Cc1cccc(SSc2ccccc2)c1O. The molecule has 0 heterocycles. The van der Waals surface area contributed by atoms with E-state index in [0.717, 1.165) is 10.5 Å². The Labute approximate surface area is 103 Å². The standard InChI is InChI=1S/C13H12OS2/c1-10-6-5-9-12(13(10)14)16-15-11-7-3-2-4-8-11/h2-9,14H,1H3. The first-order chi connectivity index (χ1) is 7.77. The summed E-state index contributed by atoms with van der Waals surface area (Å²) in [6.45, 7) is 1.91. The van der Waals surface area contributed by atoms with E-state index in [-0.39, 0.29) is 0 Å². The van der Waals surface area contributed by atoms with Gasteiger partial charge in [0.05, 0.1) is 4.90 Å². The maximum Gasteiger partial charge on any atom is 0.132 e. The highest BCUT2D eigenvalue weighted by Gasteiger charge is 2.04. The molecule has 0 aliphatic rings. The van der Waals surface area contributed by atoms with Crippen molar-refractivity contribution in [2.45, 2.75) is 16.7 Å². The van der Waals surface area contributed by atoms with Crippen molar-refractivity contribution in [3.05, 3.63) is 54.1 Å². The number of phenols is 1. The lowest BCUT2D eigenvalue weighted by atomic mass is 10.2. The zero-order valence-corrected chi connectivity index (χ0v) is 10.5. The van der Waals surface area contributed by atoms with E-state index in [9.17, 15) is 5.11 Å². The van der Waals surface area contributed by atoms with Gasteiger partial charge >= 0.3 is 0 Å². The Bertz CT molecular complexity index is 469. The summed E-state index contributed by atoms with van der Waals surface area (Å²) in [6.07, 6.45) is 0. The minimum Gasteiger partial charge on any atom is -0.506 e. The highest BCUT2D eigenvalue weighted by Crippen LogP contribution is 2.42. The Hall–Kier alpha value is -1.06. The molecule has 0 unspecified atom stereocenters. The minimum atomic E-state index is 0.385. The third-order valence-corrected chi connectivity index (χ3v) is 4.59. The molecule has 0 aromatic heterocycles. The number of aromatic hydroxyl groups is 1. The molecule has 0 aliphatic carbocycles. The van der Waals surface area contributed by atoms with Gasteiger partial charge in [0, 0.05) is 4.90 Å². The van der Waals surface area contributed by atoms with Crippen LogP contribution < -0.4 is 0 Å². The lowest BCUT2D eigenvalue weighted by Crippen LogP contribution is -1.76. The molecule has 0 spiro atoms. The maximum atomic E-state index is 9.84. The molecule has 16 heavy (non-hydrogen) atoms. The van der Waals surface area contributed by atoms with Gasteiger partial charge in [-0.1, -0.05) is 41.1 Å². The quantitative estimate of drug-likeness (QED) is 0.808. The van der Waals surface area contributed by atoms with Gasteiger partial charge in [0.1, 0.15) is 5.75 Å². The molecule has 0 radical (unpaired) electrons. The molecule has 1 N–H and O–H groups in total. The summed E-state index contributed by atoms with van der Waals surface area (Å²) in [5.41, 5.74) is 0.915. The topological polar surface area (TPSA) is 20.2 Å². The van der Waals surface area contributed by atoms with Crippen LogP contribution in [0.15, 0.2) is 58.3 Å². The van der Waals surface area contributed by atoms with E-state index in [1.54, 1.807) is 21.6 Å². The molecule has 0 amide bonds. The molecule has 0 fully saturated rings. The molecule has 1 nitrogen and oxygen atoms in total. The van der Waals surface area contributed by atoms with E-state index in [1.807, 2.05) is 43.3 Å². The molecular weight excluding hydrogens is 236 g/mol. The van der Waals surface area contributed by atoms with Crippen LogP contribution in [0.4, 0.5) is 0 Å². The second-order valence-corrected chi connectivity index (χ2v) is 5.65. The summed E-state index contributed by atoms with van der Waals surface area (Å²) in [5.74, 6) is 0.385. The van der Waals surface area contributed by atoms with E-state index >= 15 is 0 Å². The highest BCUT2D eigenvalue weighted by molar-refractivity contribution is 8.76. The number of hydrogen-bond acceptors (Lipinski definition) is 3. The molecule has 2 aromatic carbocycles. The van der Waals surface area contributed by atoms with Crippen molar-refractivity contribution >= 4 is 21.6 Å². The molecule has 82 valence electrons. The van der Waals surface area contributed by atoms with Gasteiger partial charge < -0.3 is 5.11 Å². The third kappa shape index (κ3) is 2.74. The van der Waals surface area contributed by atoms with E-state index in [0.29, 0.717) is 5.75 Å². The van der Waals surface area contributed by atoms with Crippen molar-refractivity contribution in [3.63, 3.8) is 0 Å². The Kier molecular flexibility index (Phi) is 3.80. The third-order valence-electron chi connectivity index (χ3n) is 2.17. The molecule has 0 atom stereocenters. The van der Waals surface area contributed by atoms with Crippen LogP contribution in [0.2, 0.25) is 0 Å². The second kappa shape index (κ2) is 5.32. The normalized spacial score (nSPS) is 10.3. The molecule has 0 bridgehead atoms. The van der Waals surface area contributed by atoms with Gasteiger partial charge in [-0.05, 0) is 41.5 Å². The predicted octanol–water partition coefficient (Wildman–Crippen LogP) is 4.50. The summed E-state index contributed by atoms with van der Waals surface area (Å²) in [7, 11) is 3.23. The number of benzene rings is 2. The number of rotatable bonds is 3. The second-order valence-electron chi connectivity index (χ2n) is 3.40. The van der Waals surface area contributed by atoms with Gasteiger partial charge in [0.2, 0.25) is 0 Å². The summed E-state index contributed by atoms with van der Waals surface area (Å²) in [6, 6.07) is 15.9. The van der Waals surface area contributed by atoms with Crippen molar-refractivity contribution in [3.8, 4) is 5.75 Å². The molecule has 0 saturated heterocycles. The number of hydrogen-bond donors (Lipinski definition) is 1. The smallest absolute Gasteiger partial charge is 0.132 e. The molecular formula is C13H12OS2. The zero-order valence-electron chi connectivity index (χ0n) is 8.88. The predicted molar refractivity (Wildman–Crippen MR) is 71.0 cm³/mol. The number of phenolic OH excluding ortho intramolecular Hbond substituents is 1. The highest BCUT2D eigenvalue weighted by atomic mass is 33.1. The van der Waals surface area contributed by atoms with Crippen molar-refractivity contribution < 1.29 is 5.11 Å². The van der Waals surface area contributed by atoms with Crippen LogP contribution in [0, 0.1) is 6.92 Å². The molecule has 2 aromatic rings. The fourth-order valence-corrected chi connectivity index (χ4v) is 3.39. The lowest BCUT2D eigenvalue weighted by Gasteiger charge is -2.05. The monoisotopic (exact) mass is 248 g/mol. The molecule has 3 heteroatoms. The maximum absolute atomic E-state index is 9.84. The van der Waals surface area contributed by atoms with Crippen LogP contribution in [0.25, 0.3) is 0 Å². The van der Waals surface area contributed by atoms with Crippen LogP contribution >= 0.6 is 21.6 Å². The van der Waals surface area contributed by atoms with E-state index in [2.05, 4.69) is 12.1 Å². The molecule has 0 saturated carbocycles. The average Bonchev–Trinajstić information content (AvgIpc) is 2.32. The Balaban J connectivity index is 2.08. The van der Waals surface area contributed by atoms with Gasteiger partial charge in [-0.15, -0.1) is 0 Å². The molecule has 0 aliphatic heterocycles. The number of aryl methyl sites for hydroxylation is 1. The first kappa shape index (κ1) is 11.4. The van der Waals surface area contributed by atoms with E-state index in [4.69, 9.17) is 0 Å². The van der Waals surface area contributed by atoms with E-state index < -0.39 is 0 Å². The van der Waals surface area contributed by atoms with Gasteiger partial charge in [-0.2, -0.15) is 0 Å². The minimum absolute atomic E-state index is 0.385. The van der Waals surface area contributed by atoms with Crippen LogP contribution in [0.3, 0.4) is 0 Å². The fourth-order valence-electron chi connectivity index (χ4n) is 1.27. The van der Waals surface area contributed by atoms with Gasteiger partial charge in [-0.25, -0.2) is 0 Å². The van der Waals surface area contributed by atoms with Crippen molar-refractivity contribution in [1.29, 1.82) is 0 Å². The average molecular weight is 248 g/mol. The van der Waals surface area contributed by atoms with Gasteiger partial charge in [-0.3, -0.25) is 0 Å². The van der Waals surface area contributed by atoms with Gasteiger partial charge in [0.15, 0.2) is 0 Å². The Morgan fingerprint density at radius 1 is 0.875 bits per heavy atom. The van der Waals surface area contributed by atoms with Crippen LogP contribution in [0.5, 0.6) is 5.75 Å². The summed E-state index contributed by atoms with van der Waals surface area (Å²) in [4.78, 5) is 2.10. The van der Waals surface area contributed by atoms with Crippen molar-refractivity contribution in [2.24, 2.45) is 0 Å². The lowest BCUT2D eigenvalue weighted by molar-refractivity contribution is 0.458. The van der Waals surface area contributed by atoms with Crippen LogP contribution in [-0.4, -0.2) is 5.11 Å². The fraction of sp³-hybridized carbons (Fsp3) is 0.0769. The zero-order chi connectivity index (χ0) is 11.4. The van der Waals surface area contributed by atoms with Crippen molar-refractivity contribution in [1.82, 2.24) is 0 Å². The first-order valence-corrected chi connectivity index (χ1v) is 7.10. The van der Waals surface area contributed by atoms with Gasteiger partial charge in [0.25, 0.3) is 0 Å². The first-order valence-electron chi connectivity index (χ1n) is 4.95. The summed E-state index contributed by atoms with van der Waals surface area (Å²) in [5, 5.41) is 9.84. The van der Waals surface area contributed by atoms with Crippen molar-refractivity contribution in [2.75, 3.05) is 0 Å². The summed E-state index contributed by atoms with van der Waals surface area (Å²) < 4.78 is 0. The summed E-state index contributed by atoms with van der Waals surface area (Å²) >= 11 is 0. The van der Waals surface area contributed by atoms with Crippen LogP contribution in [0.1, 0.15) is 5.56 Å².